The largest absolute Gasteiger partial charge is 0.507 e. The maximum atomic E-state index is 11.6. The third-order valence-corrected chi connectivity index (χ3v) is 4.04. The highest BCUT2D eigenvalue weighted by Crippen LogP contribution is 2.30. The Hall–Kier alpha value is -3.00. The van der Waals surface area contributed by atoms with E-state index in [2.05, 4.69) is 10.1 Å². The van der Waals surface area contributed by atoms with E-state index in [0.29, 0.717) is 17.1 Å². The Kier molecular flexibility index (Phi) is 4.13. The molecule has 0 unspecified atom stereocenters. The molecule has 2 N–H and O–H groups in total. The molecule has 1 aliphatic rings. The minimum absolute atomic E-state index is 0.0163. The molecule has 0 bridgehead atoms. The van der Waals surface area contributed by atoms with E-state index in [1.54, 1.807) is 18.2 Å². The molecule has 1 saturated heterocycles. The topological polar surface area (TPSA) is 106 Å². The van der Waals surface area contributed by atoms with Gasteiger partial charge in [-0.05, 0) is 42.1 Å². The van der Waals surface area contributed by atoms with E-state index in [1.165, 1.54) is 25.3 Å². The number of imide groups is 1. The van der Waals surface area contributed by atoms with Crippen LogP contribution in [0.3, 0.4) is 0 Å². The number of aromatic hydroxyl groups is 1. The summed E-state index contributed by atoms with van der Waals surface area (Å²) in [5.74, 6) is -0.523. The van der Waals surface area contributed by atoms with Crippen molar-refractivity contribution in [1.82, 2.24) is 5.32 Å². The fourth-order valence-electron chi connectivity index (χ4n) is 2.10. The van der Waals surface area contributed by atoms with Crippen molar-refractivity contribution in [3.05, 3.63) is 46.6 Å². The molecule has 3 rings (SSSR count). The summed E-state index contributed by atoms with van der Waals surface area (Å²) in [7, 11) is 1.22. The predicted molar refractivity (Wildman–Crippen MR) is 86.3 cm³/mol. The van der Waals surface area contributed by atoms with Gasteiger partial charge >= 0.3 is 5.97 Å². The molecule has 0 spiro atoms. The number of ether oxygens (including phenoxy) is 1. The summed E-state index contributed by atoms with van der Waals surface area (Å²) in [5, 5.41) is 11.4. The lowest BCUT2D eigenvalue weighted by atomic mass is 10.1. The molecule has 24 heavy (non-hydrogen) atoms. The molecule has 1 aliphatic heterocycles. The summed E-state index contributed by atoms with van der Waals surface area (Å²) in [4.78, 5) is 34.5. The number of phenols is 1. The van der Waals surface area contributed by atoms with Crippen LogP contribution in [-0.2, 0) is 9.53 Å². The number of benzene rings is 1. The SMILES string of the molecule is COC(=O)c1cc(-c2ccc(C=C3SC(=O)NC3=O)o2)ccc1O. The fraction of sp³-hybridized carbons (Fsp3) is 0.0625. The molecule has 2 heterocycles. The van der Waals surface area contributed by atoms with Crippen LogP contribution in [0.25, 0.3) is 17.4 Å². The molecule has 0 saturated carbocycles. The first-order chi connectivity index (χ1) is 11.5. The van der Waals surface area contributed by atoms with Crippen LogP contribution in [0.4, 0.5) is 4.79 Å². The van der Waals surface area contributed by atoms with Gasteiger partial charge in [-0.3, -0.25) is 14.9 Å². The maximum Gasteiger partial charge on any atom is 0.341 e. The Bertz CT molecular complexity index is 882. The number of methoxy groups -OCH3 is 1. The molecule has 2 aromatic rings. The van der Waals surface area contributed by atoms with Gasteiger partial charge < -0.3 is 14.3 Å². The number of esters is 1. The number of hydrogen-bond donors (Lipinski definition) is 2. The number of furan rings is 1. The molecule has 1 aromatic carbocycles. The lowest BCUT2D eigenvalue weighted by Gasteiger charge is -2.04. The molecule has 122 valence electrons. The molecule has 0 aliphatic carbocycles. The average molecular weight is 345 g/mol. The molecule has 0 radical (unpaired) electrons. The fourth-order valence-corrected chi connectivity index (χ4v) is 2.76. The summed E-state index contributed by atoms with van der Waals surface area (Å²) in [6.07, 6.45) is 1.45. The minimum Gasteiger partial charge on any atom is -0.507 e. The molecule has 7 nitrogen and oxygen atoms in total. The van der Waals surface area contributed by atoms with Crippen molar-refractivity contribution >= 4 is 35.0 Å². The molecule has 2 amide bonds. The Morgan fingerprint density at radius 3 is 2.75 bits per heavy atom. The highest BCUT2D eigenvalue weighted by atomic mass is 32.2. The standard InChI is InChI=1S/C16H11NO6S/c1-22-15(20)10-6-8(2-4-11(10)18)12-5-3-9(23-12)7-13-14(19)17-16(21)24-13/h2-7,18H,1H3,(H,17,19,21). The lowest BCUT2D eigenvalue weighted by molar-refractivity contribution is -0.115. The Labute approximate surface area is 140 Å². The van der Waals surface area contributed by atoms with Crippen LogP contribution in [-0.4, -0.2) is 29.3 Å². The lowest BCUT2D eigenvalue weighted by Crippen LogP contribution is -2.17. The predicted octanol–water partition coefficient (Wildman–Crippen LogP) is 2.76. The second-order valence-corrected chi connectivity index (χ2v) is 5.79. The molecule has 1 fully saturated rings. The van der Waals surface area contributed by atoms with E-state index in [-0.39, 0.29) is 16.2 Å². The number of carbonyl (C=O) groups excluding carboxylic acids is 3. The van der Waals surface area contributed by atoms with E-state index < -0.39 is 17.1 Å². The minimum atomic E-state index is -0.666. The number of rotatable bonds is 3. The van der Waals surface area contributed by atoms with Crippen LogP contribution in [0.15, 0.2) is 39.7 Å². The van der Waals surface area contributed by atoms with Crippen molar-refractivity contribution in [2.24, 2.45) is 0 Å². The molecule has 1 aromatic heterocycles. The number of thioether (sulfide) groups is 1. The van der Waals surface area contributed by atoms with Crippen molar-refractivity contribution in [2.45, 2.75) is 0 Å². The Morgan fingerprint density at radius 2 is 2.08 bits per heavy atom. The van der Waals surface area contributed by atoms with Gasteiger partial charge in [0.05, 0.1) is 12.0 Å². The van der Waals surface area contributed by atoms with Crippen LogP contribution in [0.1, 0.15) is 16.1 Å². The monoisotopic (exact) mass is 345 g/mol. The van der Waals surface area contributed by atoms with Gasteiger partial charge in [0, 0.05) is 11.6 Å². The van der Waals surface area contributed by atoms with Crippen LogP contribution < -0.4 is 5.32 Å². The smallest absolute Gasteiger partial charge is 0.341 e. The zero-order chi connectivity index (χ0) is 17.3. The van der Waals surface area contributed by atoms with Crippen molar-refractivity contribution < 1.29 is 28.6 Å². The Balaban J connectivity index is 1.91. The van der Waals surface area contributed by atoms with Gasteiger partial charge in [0.25, 0.3) is 11.1 Å². The van der Waals surface area contributed by atoms with Gasteiger partial charge in [0.1, 0.15) is 22.8 Å². The second-order valence-electron chi connectivity index (χ2n) is 4.78. The van der Waals surface area contributed by atoms with Crippen LogP contribution in [0, 0.1) is 0 Å². The highest BCUT2D eigenvalue weighted by molar-refractivity contribution is 8.18. The van der Waals surface area contributed by atoms with E-state index >= 15 is 0 Å². The highest BCUT2D eigenvalue weighted by Gasteiger charge is 2.25. The van der Waals surface area contributed by atoms with Gasteiger partial charge in [0.15, 0.2) is 0 Å². The van der Waals surface area contributed by atoms with Crippen LogP contribution in [0.5, 0.6) is 5.75 Å². The number of amides is 2. The molecular formula is C16H11NO6S. The van der Waals surface area contributed by atoms with Gasteiger partial charge in [-0.25, -0.2) is 4.79 Å². The summed E-state index contributed by atoms with van der Waals surface area (Å²) >= 11 is 0.792. The van der Waals surface area contributed by atoms with Crippen molar-refractivity contribution in [2.75, 3.05) is 7.11 Å². The van der Waals surface area contributed by atoms with E-state index in [1.807, 2.05) is 0 Å². The maximum absolute atomic E-state index is 11.6. The molecular weight excluding hydrogens is 334 g/mol. The van der Waals surface area contributed by atoms with Gasteiger partial charge in [-0.1, -0.05) is 0 Å². The zero-order valence-electron chi connectivity index (χ0n) is 12.4. The van der Waals surface area contributed by atoms with Crippen LogP contribution >= 0.6 is 11.8 Å². The second kappa shape index (κ2) is 6.25. The Morgan fingerprint density at radius 1 is 1.29 bits per heavy atom. The molecule has 0 atom stereocenters. The van der Waals surface area contributed by atoms with Gasteiger partial charge in [0.2, 0.25) is 0 Å². The van der Waals surface area contributed by atoms with Crippen molar-refractivity contribution in [3.8, 4) is 17.1 Å². The van der Waals surface area contributed by atoms with Crippen molar-refractivity contribution in [1.29, 1.82) is 0 Å². The number of hydrogen-bond acceptors (Lipinski definition) is 7. The number of carbonyl (C=O) groups is 3. The summed E-state index contributed by atoms with van der Waals surface area (Å²) < 4.78 is 10.2. The number of phenolic OH excluding ortho intramolecular Hbond substituents is 1. The summed E-state index contributed by atoms with van der Waals surface area (Å²) in [6, 6.07) is 7.67. The van der Waals surface area contributed by atoms with E-state index in [9.17, 15) is 19.5 Å². The van der Waals surface area contributed by atoms with Gasteiger partial charge in [-0.15, -0.1) is 0 Å². The van der Waals surface area contributed by atoms with Crippen LogP contribution in [0.2, 0.25) is 0 Å². The van der Waals surface area contributed by atoms with E-state index in [4.69, 9.17) is 4.42 Å². The zero-order valence-corrected chi connectivity index (χ0v) is 13.2. The summed E-state index contributed by atoms with van der Waals surface area (Å²) in [6.45, 7) is 0. The van der Waals surface area contributed by atoms with E-state index in [0.717, 1.165) is 11.8 Å². The third kappa shape index (κ3) is 3.04. The number of nitrogens with one attached hydrogen (secondary N) is 1. The van der Waals surface area contributed by atoms with Gasteiger partial charge in [-0.2, -0.15) is 0 Å². The quantitative estimate of drug-likeness (QED) is 0.651. The first kappa shape index (κ1) is 15.9. The first-order valence-corrected chi connectivity index (χ1v) is 7.56. The molecule has 8 heteroatoms. The third-order valence-electron chi connectivity index (χ3n) is 3.23. The first-order valence-electron chi connectivity index (χ1n) is 6.74. The normalized spacial score (nSPS) is 15.6. The summed E-state index contributed by atoms with van der Waals surface area (Å²) in [5.41, 5.74) is 0.570. The average Bonchev–Trinajstić information content (AvgIpc) is 3.14. The van der Waals surface area contributed by atoms with Crippen molar-refractivity contribution in [3.63, 3.8) is 0 Å².